The van der Waals surface area contributed by atoms with E-state index in [2.05, 4.69) is 19.8 Å². The first kappa shape index (κ1) is 42.4. The lowest BCUT2D eigenvalue weighted by molar-refractivity contribution is -0.251. The van der Waals surface area contributed by atoms with Gasteiger partial charge in [-0.25, -0.2) is 0 Å². The van der Waals surface area contributed by atoms with Crippen molar-refractivity contribution in [1.82, 2.24) is 35.2 Å². The minimum absolute atomic E-state index is 0.167. The molecule has 13 nitrogen and oxygen atoms in total. The molecule has 0 aliphatic carbocycles. The van der Waals surface area contributed by atoms with Gasteiger partial charge in [-0.2, -0.15) is 39.6 Å². The zero-order valence-electron chi connectivity index (χ0n) is 35.7. The van der Waals surface area contributed by atoms with Crippen LogP contribution in [0.1, 0.15) is 162 Å². The molecule has 4 aliphatic rings. The number of hydrogen-bond donors (Lipinski definition) is 4. The fourth-order valence-electron chi connectivity index (χ4n) is 11.5. The molecule has 0 amide bonds. The van der Waals surface area contributed by atoms with Gasteiger partial charge in [-0.1, -0.05) is 0 Å². The van der Waals surface area contributed by atoms with Gasteiger partial charge >= 0.3 is 6.08 Å². The van der Waals surface area contributed by atoms with Gasteiger partial charge < -0.3 is 30.6 Å². The molecule has 0 spiro atoms. The van der Waals surface area contributed by atoms with Crippen molar-refractivity contribution in [3.8, 4) is 0 Å². The Kier molecular flexibility index (Phi) is 10.5. The first-order valence-electron chi connectivity index (χ1n) is 19.7. The lowest BCUT2D eigenvalue weighted by Crippen LogP contribution is -2.68. The summed E-state index contributed by atoms with van der Waals surface area (Å²) in [6.45, 7) is 32.4. The van der Waals surface area contributed by atoms with Crippen LogP contribution in [0.15, 0.2) is 0 Å². The maximum atomic E-state index is 16.4. The van der Waals surface area contributed by atoms with Gasteiger partial charge in [0.15, 0.2) is 0 Å². The normalized spacial score (nSPS) is 29.6. The number of piperidine rings is 4. The predicted octanol–water partition coefficient (Wildman–Crippen LogP) is 7.27. The minimum atomic E-state index is -0.868. The number of rotatable bonds is 6. The number of nitrogens with zero attached hydrogens (tertiary/aromatic N) is 9. The summed E-state index contributed by atoms with van der Waals surface area (Å²) >= 11 is 0. The maximum absolute atomic E-state index is 16.4. The molecule has 0 saturated carbocycles. The molecule has 53 heavy (non-hydrogen) atoms. The highest BCUT2D eigenvalue weighted by atomic mass is 19.1. The van der Waals surface area contributed by atoms with Crippen LogP contribution in [0.5, 0.6) is 0 Å². The monoisotopic (exact) mass is 750 g/mol. The summed E-state index contributed by atoms with van der Waals surface area (Å²) < 4.78 is 16.4. The average molecular weight is 750 g/mol. The average Bonchev–Trinajstić information content (AvgIpc) is 2.95. The predicted molar refractivity (Wildman–Crippen MR) is 204 cm³/mol. The Morgan fingerprint density at radius 2 is 0.566 bits per heavy atom. The Hall–Kier alpha value is -1.78. The van der Waals surface area contributed by atoms with Gasteiger partial charge in [0, 0.05) is 68.5 Å². The van der Waals surface area contributed by atoms with Crippen LogP contribution in [0, 0.1) is 6.08 Å². The van der Waals surface area contributed by atoms with Crippen LogP contribution in [-0.2, 0) is 0 Å². The molecule has 5 heterocycles. The van der Waals surface area contributed by atoms with E-state index in [1.54, 1.807) is 0 Å². The lowest BCUT2D eigenvalue weighted by atomic mass is 9.74. The quantitative estimate of drug-likeness (QED) is 0.232. The third kappa shape index (κ3) is 7.82. The second-order valence-electron chi connectivity index (χ2n) is 22.0. The van der Waals surface area contributed by atoms with E-state index in [4.69, 9.17) is 4.98 Å². The van der Waals surface area contributed by atoms with Crippen molar-refractivity contribution in [2.45, 2.75) is 231 Å². The van der Waals surface area contributed by atoms with Crippen molar-refractivity contribution in [2.24, 2.45) is 0 Å². The Morgan fingerprint density at radius 3 is 0.736 bits per heavy atom. The number of hydrogen-bond acceptors (Lipinski definition) is 13. The molecule has 14 heteroatoms. The van der Waals surface area contributed by atoms with E-state index in [0.29, 0.717) is 51.4 Å². The third-order valence-electron chi connectivity index (χ3n) is 13.1. The van der Waals surface area contributed by atoms with Crippen molar-refractivity contribution in [1.29, 1.82) is 0 Å². The molecule has 0 atom stereocenters. The first-order chi connectivity index (χ1) is 23.7. The van der Waals surface area contributed by atoms with Crippen molar-refractivity contribution in [3.63, 3.8) is 0 Å². The smallest absolute Gasteiger partial charge is 0.315 e. The van der Waals surface area contributed by atoms with Gasteiger partial charge in [0.1, 0.15) is 0 Å². The van der Waals surface area contributed by atoms with Gasteiger partial charge in [-0.15, -0.1) is 0 Å². The molecule has 4 saturated heterocycles. The van der Waals surface area contributed by atoms with Gasteiger partial charge in [0.25, 0.3) is 0 Å². The van der Waals surface area contributed by atoms with Gasteiger partial charge in [-0.05, 0) is 162 Å². The van der Waals surface area contributed by atoms with E-state index in [1.807, 2.05) is 111 Å². The molecule has 4 N–H and O–H groups in total. The van der Waals surface area contributed by atoms with Crippen molar-refractivity contribution in [3.05, 3.63) is 6.08 Å². The number of hydroxylamine groups is 8. The molecule has 0 unspecified atom stereocenters. The largest absolute Gasteiger partial charge is 0.334 e. The van der Waals surface area contributed by atoms with Crippen LogP contribution in [0.2, 0.25) is 0 Å². The number of aromatic nitrogens is 3. The summed E-state index contributed by atoms with van der Waals surface area (Å²) in [6.07, 6.45) is 3.75. The van der Waals surface area contributed by atoms with Crippen LogP contribution in [-0.4, -0.2) is 125 Å². The van der Waals surface area contributed by atoms with E-state index in [9.17, 15) is 20.8 Å². The summed E-state index contributed by atoms with van der Waals surface area (Å²) in [5.41, 5.74) is -4.79. The summed E-state index contributed by atoms with van der Waals surface area (Å²) in [5.74, 6) is 0.499. The number of anilines is 2. The molecule has 4 fully saturated rings. The van der Waals surface area contributed by atoms with Crippen LogP contribution < -0.4 is 9.80 Å². The van der Waals surface area contributed by atoms with Gasteiger partial charge in [0.05, 0.1) is 0 Å². The summed E-state index contributed by atoms with van der Waals surface area (Å²) in [4.78, 5) is 18.6. The van der Waals surface area contributed by atoms with E-state index < -0.39 is 50.4 Å². The molecule has 1 aromatic rings. The zero-order valence-corrected chi connectivity index (χ0v) is 35.7. The highest BCUT2D eigenvalue weighted by Crippen LogP contribution is 2.48. The van der Waals surface area contributed by atoms with Crippen LogP contribution in [0.4, 0.5) is 16.3 Å². The Morgan fingerprint density at radius 1 is 0.396 bits per heavy atom. The van der Waals surface area contributed by atoms with E-state index in [-0.39, 0.29) is 36.1 Å². The molecular formula is C39H72FN9O4. The van der Waals surface area contributed by atoms with Crippen LogP contribution >= 0.6 is 0 Å². The van der Waals surface area contributed by atoms with Gasteiger partial charge in [0.2, 0.25) is 11.9 Å². The zero-order chi connectivity index (χ0) is 40.3. The Labute approximate surface area is 318 Å². The Balaban J connectivity index is 1.71. The van der Waals surface area contributed by atoms with Crippen molar-refractivity contribution >= 4 is 11.9 Å². The molecular weight excluding hydrogens is 677 g/mol. The van der Waals surface area contributed by atoms with Crippen molar-refractivity contribution in [2.75, 3.05) is 9.80 Å². The molecule has 1 aromatic heterocycles. The maximum Gasteiger partial charge on any atom is 0.315 e. The molecule has 0 radical (unpaired) electrons. The van der Waals surface area contributed by atoms with Crippen LogP contribution in [0.3, 0.4) is 0 Å². The summed E-state index contributed by atoms with van der Waals surface area (Å²) in [5, 5.41) is 51.1. The third-order valence-corrected chi connectivity index (χ3v) is 13.1. The molecule has 304 valence electrons. The number of halogens is 1. The summed E-state index contributed by atoms with van der Waals surface area (Å²) in [7, 11) is 0. The SMILES string of the molecule is CC1(C)CC(N(c2nc(F)nc(N(C3CC(C)(C)N(O)C(C)(C)C3)C3CC(C)(C)N(O)C(C)(C)C3)n2)C2CC(C)(C)N(O)C(C)(C)C2)CC(C)(C)N1O. The highest BCUT2D eigenvalue weighted by molar-refractivity contribution is 5.44. The topological polar surface area (TPSA) is 139 Å². The standard InChI is InChI=1S/C39H72FN9O4/c1-32(2)17-25(18-33(3,4)46(32)50)44(26-19-34(5,6)47(51)35(7,8)20-26)30-41-29(40)42-31(43-30)45(27-21-36(9,10)48(52)37(11,12)22-27)28-23-38(13,14)49(53)39(15,16)24-28/h25-28,50-53H,17-24H2,1-16H3. The highest BCUT2D eigenvalue weighted by Gasteiger charge is 2.55. The van der Waals surface area contributed by atoms with E-state index in [0.717, 1.165) is 0 Å². The minimum Gasteiger partial charge on any atom is -0.334 e. The van der Waals surface area contributed by atoms with E-state index in [1.165, 1.54) is 20.3 Å². The molecule has 0 aromatic carbocycles. The van der Waals surface area contributed by atoms with Crippen LogP contribution in [0.25, 0.3) is 0 Å². The van der Waals surface area contributed by atoms with Crippen molar-refractivity contribution < 1.29 is 25.2 Å². The lowest BCUT2D eigenvalue weighted by Gasteiger charge is -2.58. The Bertz CT molecular complexity index is 1250. The first-order valence-corrected chi connectivity index (χ1v) is 19.7. The molecule has 5 rings (SSSR count). The van der Waals surface area contributed by atoms with Gasteiger partial charge in [-0.3, -0.25) is 0 Å². The van der Waals surface area contributed by atoms with E-state index >= 15 is 4.39 Å². The second-order valence-corrected chi connectivity index (χ2v) is 22.0. The molecule has 0 bridgehead atoms. The molecule has 4 aliphatic heterocycles. The summed E-state index contributed by atoms with van der Waals surface area (Å²) in [6, 6.07) is -0.669. The fraction of sp³-hybridized carbons (Fsp3) is 0.923. The fourth-order valence-corrected chi connectivity index (χ4v) is 11.5. The second kappa shape index (κ2) is 13.1.